The average Bonchev–Trinajstić information content (AvgIpc) is 3.14. The Morgan fingerprint density at radius 3 is 2.55 bits per heavy atom. The molecule has 1 N–H and O–H groups in total. The minimum absolute atomic E-state index is 0.0248. The topological polar surface area (TPSA) is 84.4 Å². The fourth-order valence-electron chi connectivity index (χ4n) is 4.22. The molecule has 1 unspecified atom stereocenters. The molecule has 1 aliphatic rings. The van der Waals surface area contributed by atoms with Crippen LogP contribution in [-0.4, -0.2) is 28.3 Å². The summed E-state index contributed by atoms with van der Waals surface area (Å²) in [6.45, 7) is 8.20. The van der Waals surface area contributed by atoms with Crippen molar-refractivity contribution in [3.63, 3.8) is 0 Å². The van der Waals surface area contributed by atoms with Gasteiger partial charge in [0.05, 0.1) is 5.92 Å². The van der Waals surface area contributed by atoms with E-state index < -0.39 is 5.92 Å². The van der Waals surface area contributed by atoms with Crippen molar-refractivity contribution in [1.82, 2.24) is 9.97 Å². The van der Waals surface area contributed by atoms with Crippen LogP contribution in [0.2, 0.25) is 0 Å². The molecule has 2 amide bonds. The molecular weight excluding hydrogens is 416 g/mol. The molecule has 1 fully saturated rings. The predicted octanol–water partition coefficient (Wildman–Crippen LogP) is 4.75. The first-order valence-corrected chi connectivity index (χ1v) is 11.1. The molecule has 2 heterocycles. The van der Waals surface area contributed by atoms with Crippen LogP contribution in [0.4, 0.5) is 11.4 Å². The van der Waals surface area contributed by atoms with Crippen LogP contribution in [0.5, 0.6) is 11.8 Å². The third kappa shape index (κ3) is 5.03. The molecular formula is C26H28N4O3. The Morgan fingerprint density at radius 1 is 1.09 bits per heavy atom. The molecule has 7 nitrogen and oxygen atoms in total. The van der Waals surface area contributed by atoms with Gasteiger partial charge in [-0.1, -0.05) is 31.2 Å². The number of anilines is 2. The number of para-hydroxylation sites is 1. The number of rotatable bonds is 6. The Bertz CT molecular complexity index is 1190. The van der Waals surface area contributed by atoms with E-state index in [-0.39, 0.29) is 24.2 Å². The molecule has 0 saturated carbocycles. The minimum atomic E-state index is -0.422. The van der Waals surface area contributed by atoms with Crippen LogP contribution in [0.1, 0.15) is 35.9 Å². The van der Waals surface area contributed by atoms with Gasteiger partial charge in [0.1, 0.15) is 5.75 Å². The zero-order valence-corrected chi connectivity index (χ0v) is 19.4. The van der Waals surface area contributed by atoms with E-state index in [2.05, 4.69) is 22.2 Å². The number of nitrogens with one attached hydrogen (secondary N) is 1. The number of ether oxygens (including phenoxy) is 1. The Labute approximate surface area is 193 Å². The second-order valence-corrected chi connectivity index (χ2v) is 8.39. The predicted molar refractivity (Wildman–Crippen MR) is 128 cm³/mol. The van der Waals surface area contributed by atoms with E-state index in [1.807, 2.05) is 45.0 Å². The van der Waals surface area contributed by atoms with Gasteiger partial charge in [0.2, 0.25) is 11.8 Å². The summed E-state index contributed by atoms with van der Waals surface area (Å²) in [6, 6.07) is 15.3. The fraction of sp³-hybridized carbons (Fsp3) is 0.308. The SMILES string of the molecule is CCc1cccc(C)c1N1CC(C(=O)Nc2cccc(Oc3nc(C)cc(C)n3)c2)CC1=O. The van der Waals surface area contributed by atoms with Gasteiger partial charge in [0, 0.05) is 41.8 Å². The van der Waals surface area contributed by atoms with Gasteiger partial charge in [0.15, 0.2) is 0 Å². The van der Waals surface area contributed by atoms with Crippen LogP contribution in [0.3, 0.4) is 0 Å². The zero-order chi connectivity index (χ0) is 23.5. The van der Waals surface area contributed by atoms with Crippen LogP contribution in [0, 0.1) is 26.7 Å². The zero-order valence-electron chi connectivity index (χ0n) is 19.4. The lowest BCUT2D eigenvalue weighted by atomic mass is 10.0. The highest BCUT2D eigenvalue weighted by Gasteiger charge is 2.36. The van der Waals surface area contributed by atoms with Crippen molar-refractivity contribution in [2.75, 3.05) is 16.8 Å². The van der Waals surface area contributed by atoms with Crippen molar-refractivity contribution in [2.24, 2.45) is 5.92 Å². The van der Waals surface area contributed by atoms with E-state index in [9.17, 15) is 9.59 Å². The lowest BCUT2D eigenvalue weighted by molar-refractivity contribution is -0.122. The summed E-state index contributed by atoms with van der Waals surface area (Å²) in [5.74, 6) is -0.107. The monoisotopic (exact) mass is 444 g/mol. The Balaban J connectivity index is 1.46. The van der Waals surface area contributed by atoms with Crippen molar-refractivity contribution >= 4 is 23.2 Å². The summed E-state index contributed by atoms with van der Waals surface area (Å²) in [6.07, 6.45) is 1.02. The molecule has 1 aliphatic heterocycles. The Kier molecular flexibility index (Phi) is 6.40. The fourth-order valence-corrected chi connectivity index (χ4v) is 4.22. The van der Waals surface area contributed by atoms with Gasteiger partial charge in [-0.25, -0.2) is 9.97 Å². The molecule has 170 valence electrons. The quantitative estimate of drug-likeness (QED) is 0.593. The number of carbonyl (C=O) groups excluding carboxylic acids is 2. The molecule has 33 heavy (non-hydrogen) atoms. The number of aryl methyl sites for hydroxylation is 4. The van der Waals surface area contributed by atoms with Crippen LogP contribution in [0.15, 0.2) is 48.5 Å². The molecule has 1 aromatic heterocycles. The number of benzene rings is 2. The molecule has 0 bridgehead atoms. The minimum Gasteiger partial charge on any atom is -0.424 e. The van der Waals surface area contributed by atoms with Crippen LogP contribution in [0.25, 0.3) is 0 Å². The molecule has 1 saturated heterocycles. The maximum absolute atomic E-state index is 13.0. The normalized spacial score (nSPS) is 15.6. The molecule has 2 aromatic carbocycles. The smallest absolute Gasteiger partial charge is 0.322 e. The van der Waals surface area contributed by atoms with Crippen LogP contribution in [-0.2, 0) is 16.0 Å². The number of nitrogens with zero attached hydrogens (tertiary/aromatic N) is 3. The highest BCUT2D eigenvalue weighted by atomic mass is 16.5. The van der Waals surface area contributed by atoms with E-state index in [1.165, 1.54) is 0 Å². The highest BCUT2D eigenvalue weighted by molar-refractivity contribution is 6.04. The third-order valence-corrected chi connectivity index (χ3v) is 5.74. The highest BCUT2D eigenvalue weighted by Crippen LogP contribution is 2.32. The number of hydrogen-bond donors (Lipinski definition) is 1. The summed E-state index contributed by atoms with van der Waals surface area (Å²) in [4.78, 5) is 36.1. The largest absolute Gasteiger partial charge is 0.424 e. The van der Waals surface area contributed by atoms with Crippen molar-refractivity contribution < 1.29 is 14.3 Å². The van der Waals surface area contributed by atoms with E-state index in [1.54, 1.807) is 29.2 Å². The second-order valence-electron chi connectivity index (χ2n) is 8.39. The maximum Gasteiger partial charge on any atom is 0.322 e. The van der Waals surface area contributed by atoms with Gasteiger partial charge in [-0.3, -0.25) is 9.59 Å². The second kappa shape index (κ2) is 9.40. The van der Waals surface area contributed by atoms with Gasteiger partial charge in [-0.2, -0.15) is 0 Å². The van der Waals surface area contributed by atoms with E-state index >= 15 is 0 Å². The molecule has 7 heteroatoms. The van der Waals surface area contributed by atoms with Gasteiger partial charge < -0.3 is 15.0 Å². The van der Waals surface area contributed by atoms with Crippen molar-refractivity contribution in [3.05, 3.63) is 71.0 Å². The molecule has 0 radical (unpaired) electrons. The van der Waals surface area contributed by atoms with E-state index in [4.69, 9.17) is 4.74 Å². The first kappa shape index (κ1) is 22.5. The number of hydrogen-bond acceptors (Lipinski definition) is 5. The number of amides is 2. The van der Waals surface area contributed by atoms with Gasteiger partial charge >= 0.3 is 6.01 Å². The Hall–Kier alpha value is -3.74. The summed E-state index contributed by atoms with van der Waals surface area (Å²) in [5.41, 5.74) is 5.32. The standard InChI is InChI=1S/C26H28N4O3/c1-5-19-9-6-8-16(2)24(19)30-15-20(13-23(30)31)25(32)29-21-10-7-11-22(14-21)33-26-27-17(3)12-18(4)28-26/h6-12,14,20H,5,13,15H2,1-4H3,(H,29,32). The van der Waals surface area contributed by atoms with Crippen LogP contribution >= 0.6 is 0 Å². The summed E-state index contributed by atoms with van der Waals surface area (Å²) >= 11 is 0. The summed E-state index contributed by atoms with van der Waals surface area (Å²) in [5, 5.41) is 2.93. The first-order valence-electron chi connectivity index (χ1n) is 11.1. The third-order valence-electron chi connectivity index (χ3n) is 5.74. The molecule has 4 rings (SSSR count). The lowest BCUT2D eigenvalue weighted by Gasteiger charge is -2.22. The van der Waals surface area contributed by atoms with Gasteiger partial charge in [0.25, 0.3) is 0 Å². The molecule has 1 atom stereocenters. The average molecular weight is 445 g/mol. The molecule has 0 aliphatic carbocycles. The Morgan fingerprint density at radius 2 is 1.82 bits per heavy atom. The molecule has 0 spiro atoms. The van der Waals surface area contributed by atoms with E-state index in [0.29, 0.717) is 18.0 Å². The van der Waals surface area contributed by atoms with Crippen molar-refractivity contribution in [3.8, 4) is 11.8 Å². The van der Waals surface area contributed by atoms with Crippen molar-refractivity contribution in [1.29, 1.82) is 0 Å². The first-order chi connectivity index (χ1) is 15.8. The lowest BCUT2D eigenvalue weighted by Crippen LogP contribution is -2.29. The van der Waals surface area contributed by atoms with Crippen molar-refractivity contribution in [2.45, 2.75) is 40.5 Å². The summed E-state index contributed by atoms with van der Waals surface area (Å²) < 4.78 is 5.78. The maximum atomic E-state index is 13.0. The number of aromatic nitrogens is 2. The van der Waals surface area contributed by atoms with Gasteiger partial charge in [-0.15, -0.1) is 0 Å². The van der Waals surface area contributed by atoms with Crippen LogP contribution < -0.4 is 15.0 Å². The van der Waals surface area contributed by atoms with E-state index in [0.717, 1.165) is 34.6 Å². The summed E-state index contributed by atoms with van der Waals surface area (Å²) in [7, 11) is 0. The van der Waals surface area contributed by atoms with Gasteiger partial charge in [-0.05, 0) is 56.5 Å². The number of carbonyl (C=O) groups is 2. The molecule has 3 aromatic rings.